The van der Waals surface area contributed by atoms with E-state index in [9.17, 15) is 9.59 Å². The zero-order chi connectivity index (χ0) is 22.5. The first-order valence-corrected chi connectivity index (χ1v) is 11.3. The Kier molecular flexibility index (Phi) is 20.2. The number of rotatable bonds is 21. The maximum absolute atomic E-state index is 11.6. The summed E-state index contributed by atoms with van der Waals surface area (Å²) in [6.07, 6.45) is 3.07. The Balaban J connectivity index is -0.00000420. The van der Waals surface area contributed by atoms with Gasteiger partial charge in [-0.2, -0.15) is 0 Å². The van der Waals surface area contributed by atoms with Crippen molar-refractivity contribution in [3.8, 4) is 0 Å². The highest BCUT2D eigenvalue weighted by Crippen LogP contribution is 2.01. The molecule has 0 aromatic carbocycles. The van der Waals surface area contributed by atoms with E-state index in [0.717, 1.165) is 19.4 Å². The number of hydrogen-bond donors (Lipinski definition) is 2. The highest BCUT2D eigenvalue weighted by atomic mass is 16.6. The molecule has 0 aromatic heterocycles. The molecule has 8 heteroatoms. The fourth-order valence-corrected chi connectivity index (χ4v) is 2.46. The second-order valence-electron chi connectivity index (χ2n) is 8.03. The molecule has 0 atom stereocenters. The quantitative estimate of drug-likeness (QED) is 0.269. The van der Waals surface area contributed by atoms with Gasteiger partial charge in [-0.15, -0.1) is 0 Å². The predicted molar refractivity (Wildman–Crippen MR) is 122 cm³/mol. The van der Waals surface area contributed by atoms with Crippen LogP contribution in [0.25, 0.3) is 0 Å². The molecule has 0 heterocycles. The smallest absolute Gasteiger partial charge is 0.222 e. The Bertz CT molecular complexity index is 429. The molecular weight excluding hydrogens is 388 g/mol. The fraction of sp³-hybridized carbons (Fsp3) is 0.909. The summed E-state index contributed by atoms with van der Waals surface area (Å²) in [5, 5.41) is 5.72. The van der Waals surface area contributed by atoms with Gasteiger partial charge in [0.25, 0.3) is 0 Å². The van der Waals surface area contributed by atoms with Crippen LogP contribution in [-0.4, -0.2) is 77.8 Å². The van der Waals surface area contributed by atoms with Crippen molar-refractivity contribution in [2.75, 3.05) is 65.9 Å². The lowest BCUT2D eigenvalue weighted by Gasteiger charge is -2.09. The number of carbonyl (C=O) groups excluding carboxylic acids is 2. The molecule has 0 rings (SSSR count). The van der Waals surface area contributed by atoms with Crippen molar-refractivity contribution in [1.82, 2.24) is 10.6 Å². The van der Waals surface area contributed by atoms with E-state index in [4.69, 9.17) is 18.9 Å². The largest absolute Gasteiger partial charge is 0.379 e. The molecule has 0 unspecified atom stereocenters. The molecule has 182 valence electrons. The standard InChI is InChI=1S/C22H44N2O6.2H2/c1-19(2)6-5-8-23-21(25)7-10-27-12-14-29-16-17-30-15-13-28-11-9-24-22(26)18-20(3)4;;/h19-20H,5-18H2,1-4H3,(H,23,25)(H,24,26);2*1H. The van der Waals surface area contributed by atoms with E-state index in [-0.39, 0.29) is 14.7 Å². The molecule has 0 saturated carbocycles. The van der Waals surface area contributed by atoms with E-state index in [0.29, 0.717) is 84.1 Å². The molecule has 0 fully saturated rings. The van der Waals surface area contributed by atoms with Gasteiger partial charge in [0.2, 0.25) is 11.8 Å². The first-order valence-electron chi connectivity index (χ1n) is 11.3. The van der Waals surface area contributed by atoms with E-state index in [2.05, 4.69) is 24.5 Å². The van der Waals surface area contributed by atoms with Crippen molar-refractivity contribution >= 4 is 11.8 Å². The topological polar surface area (TPSA) is 95.1 Å². The van der Waals surface area contributed by atoms with Crippen LogP contribution in [0.15, 0.2) is 0 Å². The summed E-state index contributed by atoms with van der Waals surface area (Å²) in [6.45, 7) is 13.4. The monoisotopic (exact) mass is 436 g/mol. The summed E-state index contributed by atoms with van der Waals surface area (Å²) in [5.74, 6) is 1.13. The highest BCUT2D eigenvalue weighted by molar-refractivity contribution is 5.76. The average Bonchev–Trinajstić information content (AvgIpc) is 2.67. The number of nitrogens with one attached hydrogen (secondary N) is 2. The Morgan fingerprint density at radius 2 is 1.17 bits per heavy atom. The van der Waals surface area contributed by atoms with Gasteiger partial charge in [-0.1, -0.05) is 27.7 Å². The summed E-state index contributed by atoms with van der Waals surface area (Å²) in [6, 6.07) is 0. The summed E-state index contributed by atoms with van der Waals surface area (Å²) >= 11 is 0. The van der Waals surface area contributed by atoms with Gasteiger partial charge in [0.1, 0.15) is 0 Å². The fourth-order valence-electron chi connectivity index (χ4n) is 2.46. The second-order valence-corrected chi connectivity index (χ2v) is 8.03. The van der Waals surface area contributed by atoms with Gasteiger partial charge >= 0.3 is 0 Å². The minimum absolute atomic E-state index is 0. The lowest BCUT2D eigenvalue weighted by Crippen LogP contribution is -2.28. The van der Waals surface area contributed by atoms with Crippen molar-refractivity contribution in [3.63, 3.8) is 0 Å². The van der Waals surface area contributed by atoms with Gasteiger partial charge in [0.05, 0.1) is 52.9 Å². The van der Waals surface area contributed by atoms with Gasteiger partial charge in [0.15, 0.2) is 0 Å². The Labute approximate surface area is 185 Å². The minimum Gasteiger partial charge on any atom is -0.379 e. The molecule has 0 saturated heterocycles. The molecule has 30 heavy (non-hydrogen) atoms. The Hall–Kier alpha value is -1.22. The van der Waals surface area contributed by atoms with Crippen LogP contribution in [-0.2, 0) is 28.5 Å². The summed E-state index contributed by atoms with van der Waals surface area (Å²) in [4.78, 5) is 23.0. The third-order valence-corrected chi connectivity index (χ3v) is 4.03. The van der Waals surface area contributed by atoms with Crippen LogP contribution < -0.4 is 10.6 Å². The van der Waals surface area contributed by atoms with Gasteiger partial charge in [-0.25, -0.2) is 0 Å². The lowest BCUT2D eigenvalue weighted by molar-refractivity contribution is -0.123. The van der Waals surface area contributed by atoms with E-state index < -0.39 is 0 Å². The third kappa shape index (κ3) is 23.1. The highest BCUT2D eigenvalue weighted by Gasteiger charge is 2.03. The Morgan fingerprint density at radius 3 is 1.70 bits per heavy atom. The molecule has 0 aliphatic heterocycles. The molecule has 0 spiro atoms. The van der Waals surface area contributed by atoms with Crippen molar-refractivity contribution in [2.24, 2.45) is 11.8 Å². The zero-order valence-electron chi connectivity index (χ0n) is 19.5. The number of hydrogen-bond acceptors (Lipinski definition) is 6. The molecule has 0 aliphatic carbocycles. The molecule has 0 aromatic rings. The maximum Gasteiger partial charge on any atom is 0.222 e. The van der Waals surface area contributed by atoms with Gasteiger partial charge in [-0.05, 0) is 24.7 Å². The van der Waals surface area contributed by atoms with Crippen LogP contribution in [0, 0.1) is 11.8 Å². The first-order chi connectivity index (χ1) is 14.4. The Morgan fingerprint density at radius 1 is 0.667 bits per heavy atom. The summed E-state index contributed by atoms with van der Waals surface area (Å²) in [5.41, 5.74) is 0. The normalized spacial score (nSPS) is 11.3. The van der Waals surface area contributed by atoms with Crippen LogP contribution in [0.4, 0.5) is 0 Å². The van der Waals surface area contributed by atoms with Gasteiger partial charge in [-0.3, -0.25) is 9.59 Å². The predicted octanol–water partition coefficient (Wildman–Crippen LogP) is 2.65. The van der Waals surface area contributed by atoms with E-state index in [1.54, 1.807) is 0 Å². The van der Waals surface area contributed by atoms with Gasteiger partial charge < -0.3 is 29.6 Å². The SMILES string of the molecule is CC(C)CCCNC(=O)CCOCCOCCOCCOCCNC(=O)CC(C)C.[HH].[HH]. The molecule has 0 bridgehead atoms. The van der Waals surface area contributed by atoms with Crippen molar-refractivity contribution in [2.45, 2.75) is 53.4 Å². The summed E-state index contributed by atoms with van der Waals surface area (Å²) < 4.78 is 21.6. The molecule has 2 N–H and O–H groups in total. The van der Waals surface area contributed by atoms with Crippen LogP contribution in [0.1, 0.15) is 56.2 Å². The van der Waals surface area contributed by atoms with E-state index >= 15 is 0 Å². The zero-order valence-corrected chi connectivity index (χ0v) is 19.5. The van der Waals surface area contributed by atoms with Crippen LogP contribution in [0.3, 0.4) is 0 Å². The lowest BCUT2D eigenvalue weighted by atomic mass is 10.1. The molecule has 0 radical (unpaired) electrons. The van der Waals surface area contributed by atoms with E-state index in [1.807, 2.05) is 13.8 Å². The van der Waals surface area contributed by atoms with Crippen molar-refractivity contribution in [1.29, 1.82) is 0 Å². The van der Waals surface area contributed by atoms with Crippen molar-refractivity contribution < 1.29 is 31.4 Å². The molecule has 0 aliphatic rings. The van der Waals surface area contributed by atoms with Crippen LogP contribution in [0.2, 0.25) is 0 Å². The molecule has 8 nitrogen and oxygen atoms in total. The van der Waals surface area contributed by atoms with Crippen LogP contribution in [0.5, 0.6) is 0 Å². The third-order valence-electron chi connectivity index (χ3n) is 4.03. The van der Waals surface area contributed by atoms with E-state index in [1.165, 1.54) is 0 Å². The number of amides is 2. The molecular formula is C22H48N2O6. The van der Waals surface area contributed by atoms with Gasteiger partial charge in [0, 0.05) is 28.8 Å². The summed E-state index contributed by atoms with van der Waals surface area (Å²) in [7, 11) is 0. The number of ether oxygens (including phenoxy) is 4. The minimum atomic E-state index is 0. The number of carbonyl (C=O) groups is 2. The first kappa shape index (κ1) is 28.8. The average molecular weight is 437 g/mol. The van der Waals surface area contributed by atoms with Crippen molar-refractivity contribution in [3.05, 3.63) is 0 Å². The second kappa shape index (κ2) is 21.0. The maximum atomic E-state index is 11.6. The molecule has 2 amide bonds. The van der Waals surface area contributed by atoms with Crippen LogP contribution >= 0.6 is 0 Å².